The van der Waals surface area contributed by atoms with Crippen LogP contribution < -0.4 is 11.1 Å². The maximum Gasteiger partial charge on any atom is 0.218 e. The van der Waals surface area contributed by atoms with Crippen LogP contribution in [0.4, 0.5) is 0 Å². The monoisotopic (exact) mass is 304 g/mol. The number of carbonyl (C=O) groups is 1. The van der Waals surface area contributed by atoms with Crippen molar-refractivity contribution in [3.8, 4) is 0 Å². The zero-order valence-corrected chi connectivity index (χ0v) is 11.3. The van der Waals surface area contributed by atoms with E-state index >= 15 is 0 Å². The van der Waals surface area contributed by atoms with Crippen molar-refractivity contribution in [1.29, 1.82) is 0 Å². The van der Waals surface area contributed by atoms with Gasteiger partial charge in [0.25, 0.3) is 0 Å². The number of benzene rings is 1. The molecule has 3 nitrogen and oxygen atoms in total. The van der Waals surface area contributed by atoms with E-state index in [0.717, 1.165) is 10.0 Å². The van der Waals surface area contributed by atoms with Crippen LogP contribution in [0.25, 0.3) is 0 Å². The van der Waals surface area contributed by atoms with Gasteiger partial charge in [0.05, 0.1) is 0 Å². The summed E-state index contributed by atoms with van der Waals surface area (Å²) in [5.41, 5.74) is 6.20. The molecule has 88 valence electrons. The van der Waals surface area contributed by atoms with Crippen molar-refractivity contribution in [3.63, 3.8) is 0 Å². The van der Waals surface area contributed by atoms with Crippen LogP contribution in [0.15, 0.2) is 22.7 Å². The molecule has 3 N–H and O–H groups in total. The number of nitrogens with one attached hydrogen (secondary N) is 1. The second-order valence-electron chi connectivity index (χ2n) is 3.69. The molecule has 0 aliphatic heterocycles. The van der Waals surface area contributed by atoms with Gasteiger partial charge in [0, 0.05) is 28.5 Å². The van der Waals surface area contributed by atoms with Crippen molar-refractivity contribution in [2.75, 3.05) is 0 Å². The first-order valence-electron chi connectivity index (χ1n) is 4.94. The molecule has 1 amide bonds. The Labute approximate surface area is 108 Å². The molecule has 1 unspecified atom stereocenters. The summed E-state index contributed by atoms with van der Waals surface area (Å²) in [6.45, 7) is 2.60. The molecule has 0 spiro atoms. The van der Waals surface area contributed by atoms with Crippen molar-refractivity contribution >= 4 is 33.4 Å². The molecule has 0 bridgehead atoms. The molecule has 0 saturated heterocycles. The average Bonchev–Trinajstić information content (AvgIpc) is 2.15. The van der Waals surface area contributed by atoms with Crippen molar-refractivity contribution in [2.45, 2.75) is 25.9 Å². The Morgan fingerprint density at radius 2 is 2.31 bits per heavy atom. The van der Waals surface area contributed by atoms with E-state index in [1.54, 1.807) is 0 Å². The van der Waals surface area contributed by atoms with E-state index < -0.39 is 0 Å². The molecule has 1 atom stereocenters. The Balaban J connectivity index is 2.51. The molecule has 0 saturated carbocycles. The van der Waals surface area contributed by atoms with Crippen molar-refractivity contribution < 1.29 is 4.79 Å². The third-order valence-electron chi connectivity index (χ3n) is 2.16. The van der Waals surface area contributed by atoms with Crippen molar-refractivity contribution in [1.82, 2.24) is 5.32 Å². The number of halogens is 2. The quantitative estimate of drug-likeness (QED) is 0.878. The number of amides is 1. The van der Waals surface area contributed by atoms with Crippen LogP contribution in [0.1, 0.15) is 18.9 Å². The zero-order chi connectivity index (χ0) is 12.1. The fourth-order valence-electron chi connectivity index (χ4n) is 1.32. The summed E-state index contributed by atoms with van der Waals surface area (Å²) < 4.78 is 0.957. The highest BCUT2D eigenvalue weighted by molar-refractivity contribution is 9.10. The lowest BCUT2D eigenvalue weighted by Crippen LogP contribution is -2.30. The summed E-state index contributed by atoms with van der Waals surface area (Å²) in [6.07, 6.45) is 0.339. The Morgan fingerprint density at radius 1 is 1.62 bits per heavy atom. The van der Waals surface area contributed by atoms with Gasteiger partial charge in [0.1, 0.15) is 0 Å². The van der Waals surface area contributed by atoms with E-state index in [-0.39, 0.29) is 11.9 Å². The maximum atomic E-state index is 10.7. The van der Waals surface area contributed by atoms with Crippen LogP contribution >= 0.6 is 27.5 Å². The predicted molar refractivity (Wildman–Crippen MR) is 69.3 cm³/mol. The van der Waals surface area contributed by atoms with Crippen molar-refractivity contribution in [2.24, 2.45) is 5.73 Å². The number of hydrogen-bond donors (Lipinski definition) is 2. The molecule has 0 heterocycles. The molecule has 0 aliphatic carbocycles. The van der Waals surface area contributed by atoms with Crippen molar-refractivity contribution in [3.05, 3.63) is 33.3 Å². The van der Waals surface area contributed by atoms with Crippen LogP contribution in [0.3, 0.4) is 0 Å². The number of carbonyl (C=O) groups excluding carboxylic acids is 1. The normalized spacial score (nSPS) is 12.4. The van der Waals surface area contributed by atoms with Gasteiger partial charge in [-0.25, -0.2) is 0 Å². The van der Waals surface area contributed by atoms with Crippen LogP contribution in [0, 0.1) is 0 Å². The lowest BCUT2D eigenvalue weighted by molar-refractivity contribution is -0.118. The lowest BCUT2D eigenvalue weighted by atomic mass is 10.2. The minimum Gasteiger partial charge on any atom is -0.370 e. The average molecular weight is 306 g/mol. The van der Waals surface area contributed by atoms with Gasteiger partial charge in [-0.3, -0.25) is 4.79 Å². The SMILES string of the molecule is CC(CC(N)=O)NCc1ccc(Cl)cc1Br. The van der Waals surface area contributed by atoms with Gasteiger partial charge in [0.2, 0.25) is 5.91 Å². The number of hydrogen-bond acceptors (Lipinski definition) is 2. The van der Waals surface area contributed by atoms with Crippen LogP contribution in [0.5, 0.6) is 0 Å². The highest BCUT2D eigenvalue weighted by Gasteiger charge is 2.06. The van der Waals surface area contributed by atoms with E-state index in [0.29, 0.717) is 18.0 Å². The fourth-order valence-corrected chi connectivity index (χ4v) is 2.15. The first-order valence-corrected chi connectivity index (χ1v) is 6.11. The summed E-state index contributed by atoms with van der Waals surface area (Å²) >= 11 is 9.27. The van der Waals surface area contributed by atoms with Gasteiger partial charge < -0.3 is 11.1 Å². The van der Waals surface area contributed by atoms with Gasteiger partial charge in [-0.05, 0) is 24.6 Å². The highest BCUT2D eigenvalue weighted by Crippen LogP contribution is 2.21. The molecule has 0 aromatic heterocycles. The molecule has 16 heavy (non-hydrogen) atoms. The summed E-state index contributed by atoms with van der Waals surface area (Å²) in [4.78, 5) is 10.7. The van der Waals surface area contributed by atoms with Gasteiger partial charge in [-0.1, -0.05) is 33.6 Å². The van der Waals surface area contributed by atoms with Crippen LogP contribution in [-0.2, 0) is 11.3 Å². The minimum absolute atomic E-state index is 0.0695. The highest BCUT2D eigenvalue weighted by atomic mass is 79.9. The van der Waals surface area contributed by atoms with E-state index in [2.05, 4.69) is 21.2 Å². The first-order chi connectivity index (χ1) is 7.49. The van der Waals surface area contributed by atoms with Gasteiger partial charge >= 0.3 is 0 Å². The standard InChI is InChI=1S/C11H14BrClN2O/c1-7(4-11(14)16)15-6-8-2-3-9(13)5-10(8)12/h2-3,5,7,15H,4,6H2,1H3,(H2,14,16). The maximum absolute atomic E-state index is 10.7. The summed E-state index contributed by atoms with van der Waals surface area (Å²) in [5, 5.41) is 3.91. The Morgan fingerprint density at radius 3 is 2.88 bits per heavy atom. The Kier molecular flexibility index (Phi) is 5.25. The van der Waals surface area contributed by atoms with E-state index in [9.17, 15) is 4.79 Å². The van der Waals surface area contributed by atoms with Crippen LogP contribution in [0.2, 0.25) is 5.02 Å². The van der Waals surface area contributed by atoms with Gasteiger partial charge in [-0.15, -0.1) is 0 Å². The number of rotatable bonds is 5. The largest absolute Gasteiger partial charge is 0.370 e. The third kappa shape index (κ3) is 4.51. The van der Waals surface area contributed by atoms with Gasteiger partial charge in [0.15, 0.2) is 0 Å². The molecule has 0 radical (unpaired) electrons. The van der Waals surface area contributed by atoms with E-state index in [1.807, 2.05) is 25.1 Å². The van der Waals surface area contributed by atoms with Gasteiger partial charge in [-0.2, -0.15) is 0 Å². The third-order valence-corrected chi connectivity index (χ3v) is 3.14. The molecule has 5 heteroatoms. The van der Waals surface area contributed by atoms with E-state index in [4.69, 9.17) is 17.3 Å². The summed E-state index contributed by atoms with van der Waals surface area (Å²) in [7, 11) is 0. The topological polar surface area (TPSA) is 55.1 Å². The molecule has 1 aromatic rings. The van der Waals surface area contributed by atoms with Crippen LogP contribution in [-0.4, -0.2) is 11.9 Å². The number of nitrogens with two attached hydrogens (primary N) is 1. The fraction of sp³-hybridized carbons (Fsp3) is 0.364. The molecule has 1 rings (SSSR count). The minimum atomic E-state index is -0.296. The second kappa shape index (κ2) is 6.23. The smallest absolute Gasteiger partial charge is 0.218 e. The Bertz CT molecular complexity index is 384. The first kappa shape index (κ1) is 13.5. The second-order valence-corrected chi connectivity index (χ2v) is 4.98. The lowest BCUT2D eigenvalue weighted by Gasteiger charge is -2.12. The Hall–Kier alpha value is -0.580. The summed E-state index contributed by atoms with van der Waals surface area (Å²) in [5.74, 6) is -0.296. The summed E-state index contributed by atoms with van der Waals surface area (Å²) in [6, 6.07) is 5.69. The molecular formula is C11H14BrClN2O. The zero-order valence-electron chi connectivity index (χ0n) is 8.97. The number of primary amides is 1. The molecule has 0 fully saturated rings. The predicted octanol–water partition coefficient (Wildman–Crippen LogP) is 2.46. The molecular weight excluding hydrogens is 291 g/mol. The van der Waals surface area contributed by atoms with E-state index in [1.165, 1.54) is 0 Å². The molecule has 1 aromatic carbocycles. The molecule has 0 aliphatic rings.